The molecule has 0 aromatic heterocycles. The second-order valence-electron chi connectivity index (χ2n) is 12.7. The molecular formula is C27H47ClO. The van der Waals surface area contributed by atoms with E-state index in [0.29, 0.717) is 5.41 Å². The van der Waals surface area contributed by atoms with Crippen LogP contribution in [0, 0.1) is 46.3 Å². The van der Waals surface area contributed by atoms with Gasteiger partial charge in [-0.3, -0.25) is 0 Å². The Morgan fingerprint density at radius 2 is 1.66 bits per heavy atom. The van der Waals surface area contributed by atoms with Gasteiger partial charge in [0.2, 0.25) is 0 Å². The number of alkyl halides is 1. The molecule has 0 aliphatic heterocycles. The van der Waals surface area contributed by atoms with Crippen molar-refractivity contribution in [2.24, 2.45) is 46.3 Å². The summed E-state index contributed by atoms with van der Waals surface area (Å²) < 4.78 is 0. The zero-order valence-corrected chi connectivity index (χ0v) is 20.6. The van der Waals surface area contributed by atoms with E-state index in [1.165, 1.54) is 51.4 Å². The maximum absolute atomic E-state index is 10.3. The van der Waals surface area contributed by atoms with Crippen LogP contribution in [0.15, 0.2) is 0 Å². The number of halogens is 1. The number of rotatable bonds is 5. The molecule has 0 radical (unpaired) electrons. The minimum absolute atomic E-state index is 0.151. The maximum atomic E-state index is 10.3. The average molecular weight is 423 g/mol. The highest BCUT2D eigenvalue weighted by molar-refractivity contribution is 6.24. The Morgan fingerprint density at radius 1 is 0.897 bits per heavy atom. The molecule has 0 heterocycles. The summed E-state index contributed by atoms with van der Waals surface area (Å²) in [5, 5.41) is 10.3. The fourth-order valence-electron chi connectivity index (χ4n) is 9.21. The van der Waals surface area contributed by atoms with Crippen molar-refractivity contribution in [3.63, 3.8) is 0 Å². The van der Waals surface area contributed by atoms with Crippen LogP contribution in [0.5, 0.6) is 0 Å². The first-order chi connectivity index (χ1) is 13.6. The molecule has 4 aliphatic carbocycles. The van der Waals surface area contributed by atoms with Crippen LogP contribution in [0.2, 0.25) is 0 Å². The van der Waals surface area contributed by atoms with Gasteiger partial charge >= 0.3 is 0 Å². The third kappa shape index (κ3) is 3.63. The molecule has 0 saturated heterocycles. The summed E-state index contributed by atoms with van der Waals surface area (Å²) in [6.07, 6.45) is 15.2. The fraction of sp³-hybridized carbons (Fsp3) is 1.00. The summed E-state index contributed by atoms with van der Waals surface area (Å²) in [5.41, 5.74) is 0.800. The molecule has 0 aromatic carbocycles. The van der Waals surface area contributed by atoms with Gasteiger partial charge in [-0.2, -0.15) is 0 Å². The summed E-state index contributed by atoms with van der Waals surface area (Å²) in [4.78, 5) is -0.151. The molecule has 1 N–H and O–H groups in total. The summed E-state index contributed by atoms with van der Waals surface area (Å²) >= 11 is 7.31. The lowest BCUT2D eigenvalue weighted by molar-refractivity contribution is -0.118. The molecular weight excluding hydrogens is 376 g/mol. The minimum Gasteiger partial charge on any atom is -0.393 e. The van der Waals surface area contributed by atoms with Gasteiger partial charge in [0.1, 0.15) is 0 Å². The highest BCUT2D eigenvalue weighted by atomic mass is 35.5. The van der Waals surface area contributed by atoms with Gasteiger partial charge in [-0.05, 0) is 104 Å². The maximum Gasteiger partial charge on any atom is 0.0557 e. The Bertz CT molecular complexity index is 589. The molecule has 168 valence electrons. The molecule has 0 amide bonds. The minimum atomic E-state index is -0.173. The average Bonchev–Trinajstić information content (AvgIpc) is 2.99. The summed E-state index contributed by atoms with van der Waals surface area (Å²) in [6.45, 7) is 12.5. The van der Waals surface area contributed by atoms with Crippen molar-refractivity contribution in [1.82, 2.24) is 0 Å². The predicted molar refractivity (Wildman–Crippen MR) is 124 cm³/mol. The lowest BCUT2D eigenvalue weighted by atomic mass is 9.44. The van der Waals surface area contributed by atoms with Crippen LogP contribution in [-0.4, -0.2) is 16.1 Å². The molecule has 0 unspecified atom stereocenters. The van der Waals surface area contributed by atoms with Gasteiger partial charge < -0.3 is 5.11 Å². The van der Waals surface area contributed by atoms with E-state index in [0.717, 1.165) is 61.2 Å². The number of fused-ring (bicyclic) bond motifs is 5. The van der Waals surface area contributed by atoms with Gasteiger partial charge in [0.25, 0.3) is 0 Å². The van der Waals surface area contributed by atoms with Gasteiger partial charge in [-0.1, -0.05) is 53.9 Å². The van der Waals surface area contributed by atoms with E-state index < -0.39 is 0 Å². The van der Waals surface area contributed by atoms with Crippen LogP contribution in [-0.2, 0) is 0 Å². The SMILES string of the molecule is CC(C)CCC[C@@H](C)[C@@H]1CC[C@@H]2[C@@H]3CC[C@@]4(Cl)C[C@H](O)CC[C@]4(C)[C@@H]3CC[C@@]21C. The first kappa shape index (κ1) is 22.4. The molecule has 4 fully saturated rings. The quantitative estimate of drug-likeness (QED) is 0.447. The molecule has 0 aromatic rings. The van der Waals surface area contributed by atoms with Crippen molar-refractivity contribution in [3.05, 3.63) is 0 Å². The van der Waals surface area contributed by atoms with Gasteiger partial charge in [0.05, 0.1) is 11.0 Å². The Labute approximate surface area is 185 Å². The Kier molecular flexibility index (Phi) is 6.18. The summed E-state index contributed by atoms with van der Waals surface area (Å²) in [6, 6.07) is 0. The van der Waals surface area contributed by atoms with E-state index in [2.05, 4.69) is 34.6 Å². The Balaban J connectivity index is 1.49. The number of hydrogen-bond acceptors (Lipinski definition) is 1. The highest BCUT2D eigenvalue weighted by Gasteiger charge is 2.64. The summed E-state index contributed by atoms with van der Waals surface area (Å²) in [5.74, 6) is 5.25. The van der Waals surface area contributed by atoms with Gasteiger partial charge in [-0.15, -0.1) is 11.6 Å². The van der Waals surface area contributed by atoms with Crippen LogP contribution < -0.4 is 0 Å². The van der Waals surface area contributed by atoms with E-state index in [9.17, 15) is 5.11 Å². The van der Waals surface area contributed by atoms with Crippen molar-refractivity contribution < 1.29 is 5.11 Å². The number of aliphatic hydroxyl groups excluding tert-OH is 1. The molecule has 0 bridgehead atoms. The monoisotopic (exact) mass is 422 g/mol. The van der Waals surface area contributed by atoms with E-state index in [-0.39, 0.29) is 16.4 Å². The standard InChI is InChI=1S/C27H47ClO/c1-18(2)7-6-8-19(3)22-9-10-23-21-12-16-27(28)17-20(29)11-15-26(27,5)24(21)13-14-25(22,23)4/h18-24,29H,6-17H2,1-5H3/t19-,20-,21+,22+,23-,24-,25-,26-,27-/m1/s1. The smallest absolute Gasteiger partial charge is 0.0557 e. The van der Waals surface area contributed by atoms with Gasteiger partial charge in [0, 0.05) is 0 Å². The number of hydrogen-bond donors (Lipinski definition) is 1. The second kappa shape index (κ2) is 7.99. The van der Waals surface area contributed by atoms with Gasteiger partial charge in [0.15, 0.2) is 0 Å². The molecule has 9 atom stereocenters. The molecule has 2 heteroatoms. The Morgan fingerprint density at radius 3 is 2.38 bits per heavy atom. The van der Waals surface area contributed by atoms with Crippen LogP contribution in [0.4, 0.5) is 0 Å². The van der Waals surface area contributed by atoms with E-state index >= 15 is 0 Å². The van der Waals surface area contributed by atoms with E-state index in [1.54, 1.807) is 0 Å². The van der Waals surface area contributed by atoms with Crippen LogP contribution >= 0.6 is 11.6 Å². The topological polar surface area (TPSA) is 20.2 Å². The molecule has 4 saturated carbocycles. The molecule has 4 aliphatic rings. The van der Waals surface area contributed by atoms with Crippen molar-refractivity contribution in [2.75, 3.05) is 0 Å². The van der Waals surface area contributed by atoms with Gasteiger partial charge in [-0.25, -0.2) is 0 Å². The van der Waals surface area contributed by atoms with Crippen molar-refractivity contribution in [2.45, 2.75) is 123 Å². The lowest BCUT2D eigenvalue weighted by Crippen LogP contribution is -2.60. The Hall–Kier alpha value is 0.250. The lowest BCUT2D eigenvalue weighted by Gasteiger charge is -2.64. The fourth-order valence-corrected chi connectivity index (χ4v) is 9.73. The van der Waals surface area contributed by atoms with E-state index in [1.807, 2.05) is 0 Å². The third-order valence-electron chi connectivity index (χ3n) is 10.9. The van der Waals surface area contributed by atoms with Crippen molar-refractivity contribution >= 4 is 11.6 Å². The predicted octanol–water partition coefficient (Wildman–Crippen LogP) is 7.83. The first-order valence-corrected chi connectivity index (χ1v) is 13.4. The zero-order valence-electron chi connectivity index (χ0n) is 19.9. The third-order valence-corrected chi connectivity index (χ3v) is 11.7. The summed E-state index contributed by atoms with van der Waals surface area (Å²) in [7, 11) is 0. The van der Waals surface area contributed by atoms with Crippen LogP contribution in [0.3, 0.4) is 0 Å². The molecule has 0 spiro atoms. The highest BCUT2D eigenvalue weighted by Crippen LogP contribution is 2.70. The zero-order chi connectivity index (χ0) is 21.0. The largest absolute Gasteiger partial charge is 0.393 e. The van der Waals surface area contributed by atoms with Crippen LogP contribution in [0.1, 0.15) is 112 Å². The molecule has 29 heavy (non-hydrogen) atoms. The second-order valence-corrected chi connectivity index (χ2v) is 13.4. The molecule has 1 nitrogen and oxygen atoms in total. The van der Waals surface area contributed by atoms with Crippen LogP contribution in [0.25, 0.3) is 0 Å². The van der Waals surface area contributed by atoms with Crippen molar-refractivity contribution in [3.8, 4) is 0 Å². The van der Waals surface area contributed by atoms with E-state index in [4.69, 9.17) is 11.6 Å². The number of aliphatic hydroxyl groups is 1. The first-order valence-electron chi connectivity index (χ1n) is 13.0. The normalized spacial score (nSPS) is 50.7. The molecule has 4 rings (SSSR count). The van der Waals surface area contributed by atoms with Crippen molar-refractivity contribution in [1.29, 1.82) is 0 Å².